The van der Waals surface area contributed by atoms with Crippen LogP contribution >= 0.6 is 0 Å². The number of hydrogen-bond donors (Lipinski definition) is 0. The number of carbonyl (C=O) groups is 1. The molecule has 0 spiro atoms. The van der Waals surface area contributed by atoms with Gasteiger partial charge in [0.25, 0.3) is 0 Å². The van der Waals surface area contributed by atoms with E-state index in [1.807, 2.05) is 25.1 Å². The maximum absolute atomic E-state index is 11.5. The number of carbonyl (C=O) groups excluding carboxylic acids is 1. The van der Waals surface area contributed by atoms with Crippen molar-refractivity contribution in [3.63, 3.8) is 0 Å². The molecule has 1 rings (SSSR count). The fraction of sp³-hybridized carbons (Fsp3) is 0.267. The van der Waals surface area contributed by atoms with Crippen LogP contribution in [0.25, 0.3) is 6.08 Å². The summed E-state index contributed by atoms with van der Waals surface area (Å²) in [6.45, 7) is 6.07. The molecule has 1 aromatic carbocycles. The van der Waals surface area contributed by atoms with Crippen LogP contribution in [0.3, 0.4) is 0 Å². The van der Waals surface area contributed by atoms with Crippen molar-refractivity contribution in [2.45, 2.75) is 6.92 Å². The molecule has 0 unspecified atom stereocenters. The van der Waals surface area contributed by atoms with Gasteiger partial charge in [-0.3, -0.25) is 4.79 Å². The molecular formula is C15H19NO2. The van der Waals surface area contributed by atoms with Gasteiger partial charge in [0.15, 0.2) is 0 Å². The predicted molar refractivity (Wildman–Crippen MR) is 74.6 cm³/mol. The van der Waals surface area contributed by atoms with Crippen molar-refractivity contribution in [2.75, 3.05) is 20.7 Å². The van der Waals surface area contributed by atoms with E-state index in [0.29, 0.717) is 6.61 Å². The Labute approximate surface area is 108 Å². The average molecular weight is 245 g/mol. The number of benzene rings is 1. The number of hydrogen-bond acceptors (Lipinski definition) is 2. The molecule has 96 valence electrons. The van der Waals surface area contributed by atoms with Gasteiger partial charge in [0.05, 0.1) is 0 Å². The second-order valence-corrected chi connectivity index (χ2v) is 4.21. The van der Waals surface area contributed by atoms with Crippen LogP contribution in [-0.4, -0.2) is 31.5 Å². The summed E-state index contributed by atoms with van der Waals surface area (Å²) < 4.78 is 5.57. The average Bonchev–Trinajstić information content (AvgIpc) is 2.34. The normalized spacial score (nSPS) is 10.4. The SMILES string of the molecule is C=CCOc1cc(C)ccc1C=CC(=O)N(C)C. The lowest BCUT2D eigenvalue weighted by atomic mass is 10.1. The number of aryl methyl sites for hydroxylation is 1. The summed E-state index contributed by atoms with van der Waals surface area (Å²) in [7, 11) is 3.44. The van der Waals surface area contributed by atoms with Crippen LogP contribution in [0.5, 0.6) is 5.75 Å². The third-order valence-electron chi connectivity index (χ3n) is 2.37. The molecule has 0 bridgehead atoms. The molecule has 0 saturated heterocycles. The lowest BCUT2D eigenvalue weighted by Crippen LogP contribution is -2.18. The zero-order valence-corrected chi connectivity index (χ0v) is 11.1. The number of nitrogens with zero attached hydrogens (tertiary/aromatic N) is 1. The highest BCUT2D eigenvalue weighted by atomic mass is 16.5. The first-order valence-electron chi connectivity index (χ1n) is 5.78. The van der Waals surface area contributed by atoms with E-state index in [9.17, 15) is 4.79 Å². The first kappa shape index (κ1) is 14.0. The van der Waals surface area contributed by atoms with Gasteiger partial charge in [0.1, 0.15) is 12.4 Å². The van der Waals surface area contributed by atoms with Gasteiger partial charge in [0.2, 0.25) is 5.91 Å². The summed E-state index contributed by atoms with van der Waals surface area (Å²) in [5.41, 5.74) is 2.00. The van der Waals surface area contributed by atoms with Gasteiger partial charge in [-0.25, -0.2) is 0 Å². The van der Waals surface area contributed by atoms with Gasteiger partial charge in [-0.05, 0) is 24.6 Å². The van der Waals surface area contributed by atoms with Gasteiger partial charge < -0.3 is 9.64 Å². The smallest absolute Gasteiger partial charge is 0.246 e. The Hall–Kier alpha value is -2.03. The quantitative estimate of drug-likeness (QED) is 0.589. The number of likely N-dealkylation sites (N-methyl/N-ethyl adjacent to an activating group) is 1. The van der Waals surface area contributed by atoms with E-state index < -0.39 is 0 Å². The fourth-order valence-corrected chi connectivity index (χ4v) is 1.36. The molecule has 0 aliphatic heterocycles. The van der Waals surface area contributed by atoms with Crippen molar-refractivity contribution in [1.29, 1.82) is 0 Å². The van der Waals surface area contributed by atoms with Crippen molar-refractivity contribution in [3.05, 3.63) is 48.1 Å². The maximum atomic E-state index is 11.5. The van der Waals surface area contributed by atoms with Crippen molar-refractivity contribution in [3.8, 4) is 5.75 Å². The first-order valence-corrected chi connectivity index (χ1v) is 5.78. The maximum Gasteiger partial charge on any atom is 0.246 e. The lowest BCUT2D eigenvalue weighted by molar-refractivity contribution is -0.123. The molecule has 18 heavy (non-hydrogen) atoms. The molecule has 0 atom stereocenters. The molecule has 0 radical (unpaired) electrons. The van der Waals surface area contributed by atoms with Gasteiger partial charge in [0, 0.05) is 25.7 Å². The molecule has 0 aliphatic carbocycles. The van der Waals surface area contributed by atoms with Gasteiger partial charge in [-0.1, -0.05) is 24.8 Å². The van der Waals surface area contributed by atoms with E-state index in [0.717, 1.165) is 16.9 Å². The topological polar surface area (TPSA) is 29.5 Å². The van der Waals surface area contributed by atoms with Crippen LogP contribution in [-0.2, 0) is 4.79 Å². The van der Waals surface area contributed by atoms with Crippen molar-refractivity contribution < 1.29 is 9.53 Å². The monoisotopic (exact) mass is 245 g/mol. The van der Waals surface area contributed by atoms with Crippen LogP contribution in [0.4, 0.5) is 0 Å². The molecule has 0 aromatic heterocycles. The highest BCUT2D eigenvalue weighted by molar-refractivity contribution is 5.91. The molecule has 3 nitrogen and oxygen atoms in total. The summed E-state index contributed by atoms with van der Waals surface area (Å²) in [5, 5.41) is 0. The molecule has 1 aromatic rings. The van der Waals surface area contributed by atoms with Crippen LogP contribution in [0.2, 0.25) is 0 Å². The molecule has 0 fully saturated rings. The fourth-order valence-electron chi connectivity index (χ4n) is 1.36. The summed E-state index contributed by atoms with van der Waals surface area (Å²) in [6.07, 6.45) is 4.99. The number of ether oxygens (including phenoxy) is 1. The second kappa shape index (κ2) is 6.64. The van der Waals surface area contributed by atoms with E-state index in [1.54, 1.807) is 26.2 Å². The van der Waals surface area contributed by atoms with Gasteiger partial charge in [-0.15, -0.1) is 0 Å². The summed E-state index contributed by atoms with van der Waals surface area (Å²) in [4.78, 5) is 13.0. The summed E-state index contributed by atoms with van der Waals surface area (Å²) in [5.74, 6) is 0.711. The number of amides is 1. The van der Waals surface area contributed by atoms with E-state index in [-0.39, 0.29) is 5.91 Å². The van der Waals surface area contributed by atoms with E-state index in [4.69, 9.17) is 4.74 Å². The highest BCUT2D eigenvalue weighted by Gasteiger charge is 2.02. The molecule has 0 aliphatic rings. The van der Waals surface area contributed by atoms with Crippen molar-refractivity contribution in [2.24, 2.45) is 0 Å². The Balaban J connectivity index is 2.93. The molecule has 0 saturated carbocycles. The Morgan fingerprint density at radius 1 is 1.44 bits per heavy atom. The predicted octanol–water partition coefficient (Wildman–Crippen LogP) is 2.66. The van der Waals surface area contributed by atoms with E-state index >= 15 is 0 Å². The molecule has 1 amide bonds. The lowest BCUT2D eigenvalue weighted by Gasteiger charge is -2.09. The van der Waals surface area contributed by atoms with Crippen LogP contribution in [0.1, 0.15) is 11.1 Å². The molecule has 0 N–H and O–H groups in total. The Morgan fingerprint density at radius 3 is 2.78 bits per heavy atom. The van der Waals surface area contributed by atoms with Crippen LogP contribution in [0.15, 0.2) is 36.9 Å². The largest absolute Gasteiger partial charge is 0.489 e. The van der Waals surface area contributed by atoms with Gasteiger partial charge in [-0.2, -0.15) is 0 Å². The zero-order valence-electron chi connectivity index (χ0n) is 11.1. The van der Waals surface area contributed by atoms with E-state index in [2.05, 4.69) is 6.58 Å². The first-order chi connectivity index (χ1) is 8.54. The molecule has 0 heterocycles. The van der Waals surface area contributed by atoms with Crippen molar-refractivity contribution in [1.82, 2.24) is 4.90 Å². The van der Waals surface area contributed by atoms with Crippen LogP contribution < -0.4 is 4.74 Å². The molecule has 3 heteroatoms. The minimum atomic E-state index is -0.0507. The minimum absolute atomic E-state index is 0.0507. The Bertz CT molecular complexity index is 462. The third kappa shape index (κ3) is 4.09. The Kier molecular flexibility index (Phi) is 5.18. The third-order valence-corrected chi connectivity index (χ3v) is 2.37. The van der Waals surface area contributed by atoms with Crippen LogP contribution in [0, 0.1) is 6.92 Å². The highest BCUT2D eigenvalue weighted by Crippen LogP contribution is 2.21. The Morgan fingerprint density at radius 2 is 2.17 bits per heavy atom. The molecular weight excluding hydrogens is 226 g/mol. The minimum Gasteiger partial charge on any atom is -0.489 e. The summed E-state index contributed by atoms with van der Waals surface area (Å²) >= 11 is 0. The van der Waals surface area contributed by atoms with E-state index in [1.165, 1.54) is 11.0 Å². The van der Waals surface area contributed by atoms with Crippen molar-refractivity contribution >= 4 is 12.0 Å². The van der Waals surface area contributed by atoms with Gasteiger partial charge >= 0.3 is 0 Å². The standard InChI is InChI=1S/C15H19NO2/c1-5-10-18-14-11-12(2)6-7-13(14)8-9-15(17)16(3)4/h5-9,11H,1,10H2,2-4H3. The zero-order chi connectivity index (χ0) is 13.5. The summed E-state index contributed by atoms with van der Waals surface area (Å²) in [6, 6.07) is 5.87. The second-order valence-electron chi connectivity index (χ2n) is 4.21. The number of rotatable bonds is 5.